The molecule has 106 valence electrons. The lowest BCUT2D eigenvalue weighted by Gasteiger charge is -1.95. The average molecular weight is 319 g/mol. The topological polar surface area (TPSA) is 59.3 Å². The van der Waals surface area contributed by atoms with E-state index in [-0.39, 0.29) is 5.91 Å². The first kappa shape index (κ1) is 13.8. The summed E-state index contributed by atoms with van der Waals surface area (Å²) >= 11 is 7.28. The highest BCUT2D eigenvalue weighted by Crippen LogP contribution is 2.15. The number of hydrogen-bond acceptors (Lipinski definition) is 4. The van der Waals surface area contributed by atoms with Crippen LogP contribution in [0.25, 0.3) is 11.0 Å². The lowest BCUT2D eigenvalue weighted by atomic mass is 10.2. The molecular formula is C14H11ClN4OS. The molecule has 0 aliphatic carbocycles. The first-order chi connectivity index (χ1) is 10.1. The van der Waals surface area contributed by atoms with Crippen molar-refractivity contribution >= 4 is 45.8 Å². The summed E-state index contributed by atoms with van der Waals surface area (Å²) in [5.74, 6) is 0.0246. The van der Waals surface area contributed by atoms with Crippen molar-refractivity contribution in [2.45, 2.75) is 6.92 Å². The number of aryl methyl sites for hydroxylation is 1. The molecule has 0 aliphatic heterocycles. The highest BCUT2D eigenvalue weighted by molar-refractivity contribution is 7.15. The quantitative estimate of drug-likeness (QED) is 0.753. The smallest absolute Gasteiger partial charge is 0.250 e. The van der Waals surface area contributed by atoms with Crippen LogP contribution in [0.3, 0.4) is 0 Å². The van der Waals surface area contributed by atoms with Gasteiger partial charge in [-0.1, -0.05) is 23.7 Å². The molecule has 5 nitrogen and oxygen atoms in total. The maximum atomic E-state index is 11.8. The second-order valence-corrected chi connectivity index (χ2v) is 5.65. The third-order valence-electron chi connectivity index (χ3n) is 2.78. The normalized spacial score (nSPS) is 11.3. The Morgan fingerprint density at radius 2 is 2.14 bits per heavy atom. The van der Waals surface area contributed by atoms with Crippen LogP contribution in [-0.4, -0.2) is 20.5 Å². The summed E-state index contributed by atoms with van der Waals surface area (Å²) < 4.78 is 1.70. The number of carbonyl (C=O) groups excluding carboxylic acids is 1. The summed E-state index contributed by atoms with van der Waals surface area (Å²) in [6.45, 7) is 1.93. The summed E-state index contributed by atoms with van der Waals surface area (Å²) in [6, 6.07) is 7.21. The number of nitrogens with zero attached hydrogens (tertiary/aromatic N) is 3. The van der Waals surface area contributed by atoms with Crippen LogP contribution in [-0.2, 0) is 4.79 Å². The highest BCUT2D eigenvalue weighted by atomic mass is 35.5. The zero-order chi connectivity index (χ0) is 14.8. The third-order valence-corrected chi connectivity index (χ3v) is 3.96. The molecule has 0 bridgehead atoms. The van der Waals surface area contributed by atoms with E-state index in [9.17, 15) is 4.79 Å². The summed E-state index contributed by atoms with van der Waals surface area (Å²) in [5, 5.41) is 9.47. The Kier molecular flexibility index (Phi) is 3.72. The number of thiazole rings is 1. The summed E-state index contributed by atoms with van der Waals surface area (Å²) in [7, 11) is 0. The second kappa shape index (κ2) is 5.67. The molecule has 1 aromatic carbocycles. The van der Waals surface area contributed by atoms with Gasteiger partial charge in [0.05, 0.1) is 5.69 Å². The van der Waals surface area contributed by atoms with E-state index in [0.717, 1.165) is 16.2 Å². The van der Waals surface area contributed by atoms with Gasteiger partial charge in [0, 0.05) is 16.5 Å². The second-order valence-electron chi connectivity index (χ2n) is 4.38. The fourth-order valence-electron chi connectivity index (χ4n) is 1.74. The SMILES string of the molecule is Cc1csc2nc(NC(=O)/C=C/c3ccc(Cl)cc3)nn12. The van der Waals surface area contributed by atoms with E-state index in [1.54, 1.807) is 22.7 Å². The molecule has 2 aromatic heterocycles. The Balaban J connectivity index is 1.69. The van der Waals surface area contributed by atoms with Crippen molar-refractivity contribution < 1.29 is 4.79 Å². The number of anilines is 1. The first-order valence-corrected chi connectivity index (χ1v) is 7.43. The minimum atomic E-state index is -0.277. The predicted molar refractivity (Wildman–Crippen MR) is 84.7 cm³/mol. The molecule has 0 atom stereocenters. The van der Waals surface area contributed by atoms with E-state index in [0.29, 0.717) is 11.0 Å². The van der Waals surface area contributed by atoms with E-state index in [2.05, 4.69) is 15.4 Å². The molecule has 2 heterocycles. The lowest BCUT2D eigenvalue weighted by Crippen LogP contribution is -2.09. The van der Waals surface area contributed by atoms with Gasteiger partial charge in [-0.15, -0.1) is 16.4 Å². The van der Waals surface area contributed by atoms with Crippen LogP contribution in [0.4, 0.5) is 5.95 Å². The molecular weight excluding hydrogens is 308 g/mol. The molecule has 3 aromatic rings. The molecule has 0 saturated carbocycles. The zero-order valence-corrected chi connectivity index (χ0v) is 12.6. The van der Waals surface area contributed by atoms with E-state index in [1.807, 2.05) is 24.4 Å². The number of aromatic nitrogens is 3. The molecule has 1 amide bonds. The van der Waals surface area contributed by atoms with Gasteiger partial charge in [0.1, 0.15) is 0 Å². The van der Waals surface area contributed by atoms with Gasteiger partial charge in [-0.25, -0.2) is 4.52 Å². The highest BCUT2D eigenvalue weighted by Gasteiger charge is 2.08. The van der Waals surface area contributed by atoms with Crippen molar-refractivity contribution in [3.63, 3.8) is 0 Å². The first-order valence-electron chi connectivity index (χ1n) is 6.17. The summed E-state index contributed by atoms with van der Waals surface area (Å²) in [6.07, 6.45) is 3.14. The Morgan fingerprint density at radius 1 is 1.38 bits per heavy atom. The number of nitrogens with one attached hydrogen (secondary N) is 1. The minimum absolute atomic E-state index is 0.277. The number of halogens is 1. The fraction of sp³-hybridized carbons (Fsp3) is 0.0714. The fourth-order valence-corrected chi connectivity index (χ4v) is 2.67. The number of fused-ring (bicyclic) bond motifs is 1. The Labute approximate surface area is 129 Å². The van der Waals surface area contributed by atoms with Crippen molar-refractivity contribution in [1.29, 1.82) is 0 Å². The van der Waals surface area contributed by atoms with E-state index in [4.69, 9.17) is 11.6 Å². The van der Waals surface area contributed by atoms with Gasteiger partial charge < -0.3 is 0 Å². The maximum absolute atomic E-state index is 11.8. The van der Waals surface area contributed by atoms with Gasteiger partial charge in [-0.2, -0.15) is 4.98 Å². The summed E-state index contributed by atoms with van der Waals surface area (Å²) in [4.78, 5) is 16.8. The van der Waals surface area contributed by atoms with Crippen LogP contribution in [0, 0.1) is 6.92 Å². The number of amides is 1. The van der Waals surface area contributed by atoms with Crippen molar-refractivity contribution in [3.05, 3.63) is 52.0 Å². The molecule has 0 saturated heterocycles. The van der Waals surface area contributed by atoms with Gasteiger partial charge in [-0.05, 0) is 30.7 Å². The van der Waals surface area contributed by atoms with Gasteiger partial charge in [0.2, 0.25) is 4.96 Å². The molecule has 0 radical (unpaired) electrons. The van der Waals surface area contributed by atoms with E-state index < -0.39 is 0 Å². The molecule has 3 rings (SSSR count). The van der Waals surface area contributed by atoms with Gasteiger partial charge in [0.25, 0.3) is 11.9 Å². The zero-order valence-electron chi connectivity index (χ0n) is 11.1. The van der Waals surface area contributed by atoms with Gasteiger partial charge in [0.15, 0.2) is 0 Å². The van der Waals surface area contributed by atoms with Gasteiger partial charge >= 0.3 is 0 Å². The van der Waals surface area contributed by atoms with E-state index >= 15 is 0 Å². The minimum Gasteiger partial charge on any atom is -0.290 e. The van der Waals surface area contributed by atoms with Crippen LogP contribution in [0.5, 0.6) is 0 Å². The molecule has 0 spiro atoms. The van der Waals surface area contributed by atoms with Crippen molar-refractivity contribution in [2.24, 2.45) is 0 Å². The molecule has 0 aliphatic rings. The molecule has 21 heavy (non-hydrogen) atoms. The van der Waals surface area contributed by atoms with Crippen LogP contribution in [0.15, 0.2) is 35.7 Å². The van der Waals surface area contributed by atoms with E-state index in [1.165, 1.54) is 17.4 Å². The number of hydrogen-bond donors (Lipinski definition) is 1. The monoisotopic (exact) mass is 318 g/mol. The molecule has 7 heteroatoms. The summed E-state index contributed by atoms with van der Waals surface area (Å²) in [5.41, 5.74) is 1.88. The lowest BCUT2D eigenvalue weighted by molar-refractivity contribution is -0.111. The number of benzene rings is 1. The molecule has 0 fully saturated rings. The Bertz CT molecular complexity index is 819. The largest absolute Gasteiger partial charge is 0.290 e. The Morgan fingerprint density at radius 3 is 2.86 bits per heavy atom. The maximum Gasteiger partial charge on any atom is 0.250 e. The van der Waals surface area contributed by atoms with Crippen LogP contribution < -0.4 is 5.32 Å². The number of carbonyl (C=O) groups is 1. The average Bonchev–Trinajstić information content (AvgIpc) is 3.00. The Hall–Kier alpha value is -2.18. The molecule has 1 N–H and O–H groups in total. The van der Waals surface area contributed by atoms with Crippen LogP contribution in [0.1, 0.15) is 11.3 Å². The van der Waals surface area contributed by atoms with Crippen molar-refractivity contribution in [3.8, 4) is 0 Å². The van der Waals surface area contributed by atoms with Crippen LogP contribution >= 0.6 is 22.9 Å². The molecule has 0 unspecified atom stereocenters. The third kappa shape index (κ3) is 3.12. The standard InChI is InChI=1S/C14H11ClN4OS/c1-9-8-21-14-17-13(18-19(9)14)16-12(20)7-4-10-2-5-11(15)6-3-10/h2-8H,1H3,(H,16,18,20)/b7-4+. The van der Waals surface area contributed by atoms with Gasteiger partial charge in [-0.3, -0.25) is 10.1 Å². The number of rotatable bonds is 3. The van der Waals surface area contributed by atoms with Crippen LogP contribution in [0.2, 0.25) is 5.02 Å². The predicted octanol–water partition coefficient (Wildman–Crippen LogP) is 3.40. The van der Waals surface area contributed by atoms with Crippen molar-refractivity contribution in [2.75, 3.05) is 5.32 Å². The van der Waals surface area contributed by atoms with Crippen molar-refractivity contribution in [1.82, 2.24) is 14.6 Å².